The van der Waals surface area contributed by atoms with Gasteiger partial charge in [-0.05, 0) is 112 Å². The molecule has 5 fully saturated rings. The molecule has 6 rings (SSSR count). The first-order valence-electron chi connectivity index (χ1n) is 15.1. The van der Waals surface area contributed by atoms with Crippen LogP contribution in [0.1, 0.15) is 78.1 Å². The molecule has 0 unspecified atom stereocenters. The van der Waals surface area contributed by atoms with Crippen LogP contribution in [-0.2, 0) is 14.3 Å². The average Bonchev–Trinajstić information content (AvgIpc) is 3.61. The van der Waals surface area contributed by atoms with Gasteiger partial charge in [-0.3, -0.25) is 4.90 Å². The van der Waals surface area contributed by atoms with Crippen molar-refractivity contribution in [3.63, 3.8) is 0 Å². The van der Waals surface area contributed by atoms with Crippen LogP contribution in [0.15, 0.2) is 11.6 Å². The second-order valence-corrected chi connectivity index (χ2v) is 13.7. The molecule has 0 aromatic carbocycles. The summed E-state index contributed by atoms with van der Waals surface area (Å²) in [5, 5.41) is 27.2. The van der Waals surface area contributed by atoms with Gasteiger partial charge in [0.25, 0.3) is 0 Å². The summed E-state index contributed by atoms with van der Waals surface area (Å²) in [6.45, 7) is 8.17. The third-order valence-corrected chi connectivity index (χ3v) is 12.2. The molecular formula is C30H46N2O6. The monoisotopic (exact) mass is 530 g/mol. The molecular weight excluding hydrogens is 484 g/mol. The van der Waals surface area contributed by atoms with Crippen LogP contribution >= 0.6 is 0 Å². The van der Waals surface area contributed by atoms with Gasteiger partial charge in [0.15, 0.2) is 0 Å². The highest BCUT2D eigenvalue weighted by Gasteiger charge is 2.70. The molecule has 38 heavy (non-hydrogen) atoms. The number of carbonyl (C=O) groups excluding carboxylic acids is 2. The number of nitrogens with one attached hydrogen (secondary N) is 1. The van der Waals surface area contributed by atoms with Gasteiger partial charge in [-0.2, -0.15) is 0 Å². The van der Waals surface area contributed by atoms with Gasteiger partial charge in [-0.1, -0.05) is 13.8 Å². The molecule has 2 aliphatic heterocycles. The molecule has 9 atom stereocenters. The third kappa shape index (κ3) is 4.12. The first kappa shape index (κ1) is 26.6. The molecule has 8 heteroatoms. The van der Waals surface area contributed by atoms with Crippen LogP contribution in [0.2, 0.25) is 0 Å². The number of aliphatic hydroxyl groups excluding tert-OH is 1. The molecule has 6 aliphatic rings. The van der Waals surface area contributed by atoms with Crippen LogP contribution in [0.25, 0.3) is 0 Å². The van der Waals surface area contributed by atoms with Crippen molar-refractivity contribution in [2.45, 2.75) is 95.8 Å². The fraction of sp³-hybridized carbons (Fsp3) is 0.867. The minimum absolute atomic E-state index is 0.0303. The molecule has 1 amide bonds. The van der Waals surface area contributed by atoms with Gasteiger partial charge in [0.05, 0.1) is 11.7 Å². The number of cyclic esters (lactones) is 1. The predicted molar refractivity (Wildman–Crippen MR) is 141 cm³/mol. The fourth-order valence-electron chi connectivity index (χ4n) is 10.0. The third-order valence-electron chi connectivity index (χ3n) is 12.2. The van der Waals surface area contributed by atoms with E-state index in [1.54, 1.807) is 6.08 Å². The number of alkyl carbamates (subject to hydrolysis) is 1. The lowest BCUT2D eigenvalue weighted by Crippen LogP contribution is -2.67. The first-order valence-corrected chi connectivity index (χ1v) is 15.1. The average molecular weight is 531 g/mol. The van der Waals surface area contributed by atoms with Crippen molar-refractivity contribution in [1.29, 1.82) is 0 Å². The number of fused-ring (bicyclic) bond motifs is 5. The number of amides is 1. The molecule has 0 spiro atoms. The van der Waals surface area contributed by atoms with Crippen molar-refractivity contribution in [3.05, 3.63) is 11.6 Å². The zero-order valence-electron chi connectivity index (χ0n) is 23.1. The van der Waals surface area contributed by atoms with Crippen molar-refractivity contribution in [2.75, 3.05) is 32.8 Å². The van der Waals surface area contributed by atoms with E-state index in [-0.39, 0.29) is 47.9 Å². The zero-order valence-corrected chi connectivity index (χ0v) is 23.1. The van der Waals surface area contributed by atoms with Crippen LogP contribution in [0.3, 0.4) is 0 Å². The minimum Gasteiger partial charge on any atom is -0.458 e. The summed E-state index contributed by atoms with van der Waals surface area (Å²) in [5.41, 5.74) is -0.656. The van der Waals surface area contributed by atoms with E-state index in [1.165, 1.54) is 12.8 Å². The molecule has 2 heterocycles. The maximum atomic E-state index is 12.5. The van der Waals surface area contributed by atoms with Crippen molar-refractivity contribution in [2.24, 2.45) is 34.5 Å². The summed E-state index contributed by atoms with van der Waals surface area (Å²) in [6, 6.07) is 0.119. The largest absolute Gasteiger partial charge is 0.458 e. The molecule has 212 valence electrons. The maximum absolute atomic E-state index is 12.5. The molecule has 4 aliphatic carbocycles. The van der Waals surface area contributed by atoms with Gasteiger partial charge in [0.2, 0.25) is 0 Å². The minimum atomic E-state index is -0.950. The Bertz CT molecular complexity index is 980. The van der Waals surface area contributed by atoms with E-state index in [0.717, 1.165) is 63.7 Å². The van der Waals surface area contributed by atoms with Crippen molar-refractivity contribution in [3.8, 4) is 0 Å². The highest BCUT2D eigenvalue weighted by atomic mass is 16.5. The number of ether oxygens (including phenoxy) is 2. The molecule has 4 saturated carbocycles. The highest BCUT2D eigenvalue weighted by molar-refractivity contribution is 5.85. The summed E-state index contributed by atoms with van der Waals surface area (Å²) in [6.07, 6.45) is 10.0. The smallest absolute Gasteiger partial charge is 0.407 e. The number of hydrogen-bond acceptors (Lipinski definition) is 7. The first-order chi connectivity index (χ1) is 18.1. The standard InChI is InChI=1S/C30H46N2O6/c1-28-9-7-21(31-27(35)37-14-13-32-11-3-4-12-32)16-20(28)5-6-23-24(28)17-25(33)29(2)22(8-10-30(23,29)36)19-15-26(34)38-18-19/h15,20-25,33,36H,3-14,16-18H2,1-2H3,(H,31,35)/t20-,21+,22-,23-,24+,25-,28+,29+,30+/m1/s1. The Morgan fingerprint density at radius 2 is 1.92 bits per heavy atom. The van der Waals surface area contributed by atoms with Crippen LogP contribution < -0.4 is 5.32 Å². The van der Waals surface area contributed by atoms with E-state index < -0.39 is 17.1 Å². The second-order valence-electron chi connectivity index (χ2n) is 13.7. The number of nitrogens with zero attached hydrogens (tertiary/aromatic N) is 1. The highest BCUT2D eigenvalue weighted by Crippen LogP contribution is 2.69. The fourth-order valence-corrected chi connectivity index (χ4v) is 10.0. The maximum Gasteiger partial charge on any atom is 0.407 e. The lowest BCUT2D eigenvalue weighted by atomic mass is 9.42. The Hall–Kier alpha value is -1.64. The quantitative estimate of drug-likeness (QED) is 0.468. The lowest BCUT2D eigenvalue weighted by molar-refractivity contribution is -0.243. The van der Waals surface area contributed by atoms with Crippen LogP contribution in [-0.4, -0.2) is 77.8 Å². The summed E-state index contributed by atoms with van der Waals surface area (Å²) in [5.74, 6) is 0.499. The molecule has 1 saturated heterocycles. The van der Waals surface area contributed by atoms with Gasteiger partial charge >= 0.3 is 12.1 Å². The van der Waals surface area contributed by atoms with Gasteiger partial charge in [0, 0.05) is 24.1 Å². The Kier molecular flexibility index (Phi) is 6.83. The molecule has 8 nitrogen and oxygen atoms in total. The number of hydrogen-bond donors (Lipinski definition) is 3. The SMILES string of the molecule is C[C@]12CC[C@H](NC(=O)OCCN3CCCC3)C[C@H]1CC[C@@H]1[C@@H]2C[C@@H](O)[C@]2(C)[C@@H](C3=CC(=O)OC3)CC[C@]12O. The number of rotatable bonds is 5. The van der Waals surface area contributed by atoms with Gasteiger partial charge in [0.1, 0.15) is 13.2 Å². The number of carbonyl (C=O) groups is 2. The number of aliphatic hydroxyl groups is 2. The summed E-state index contributed by atoms with van der Waals surface area (Å²) in [4.78, 5) is 26.7. The lowest BCUT2D eigenvalue weighted by Gasteiger charge is -2.65. The van der Waals surface area contributed by atoms with Gasteiger partial charge in [-0.25, -0.2) is 9.59 Å². The molecule has 3 N–H and O–H groups in total. The van der Waals surface area contributed by atoms with E-state index in [9.17, 15) is 19.8 Å². The Morgan fingerprint density at radius 3 is 2.66 bits per heavy atom. The van der Waals surface area contributed by atoms with Crippen LogP contribution in [0.5, 0.6) is 0 Å². The predicted octanol–water partition coefficient (Wildman–Crippen LogP) is 3.40. The summed E-state index contributed by atoms with van der Waals surface area (Å²) >= 11 is 0. The van der Waals surface area contributed by atoms with Crippen molar-refractivity contribution in [1.82, 2.24) is 10.2 Å². The topological polar surface area (TPSA) is 108 Å². The van der Waals surface area contributed by atoms with E-state index in [1.807, 2.05) is 0 Å². The Balaban J connectivity index is 1.11. The molecule has 0 aromatic heterocycles. The van der Waals surface area contributed by atoms with E-state index >= 15 is 0 Å². The van der Waals surface area contributed by atoms with Crippen molar-refractivity contribution < 1.29 is 29.3 Å². The zero-order chi connectivity index (χ0) is 26.7. The number of likely N-dealkylation sites (tertiary alicyclic amines) is 1. The van der Waals surface area contributed by atoms with Gasteiger partial charge < -0.3 is 25.0 Å². The normalized spacial score (nSPS) is 46.5. The molecule has 0 radical (unpaired) electrons. The van der Waals surface area contributed by atoms with E-state index in [4.69, 9.17) is 9.47 Å². The molecule has 0 aromatic rings. The molecule has 0 bridgehead atoms. The summed E-state index contributed by atoms with van der Waals surface area (Å²) in [7, 11) is 0. The van der Waals surface area contributed by atoms with Crippen LogP contribution in [0, 0.1) is 34.5 Å². The number of esters is 1. The van der Waals surface area contributed by atoms with Gasteiger partial charge in [-0.15, -0.1) is 0 Å². The Labute approximate surface area is 226 Å². The Morgan fingerprint density at radius 1 is 1.13 bits per heavy atom. The van der Waals surface area contributed by atoms with E-state index in [2.05, 4.69) is 24.1 Å². The van der Waals surface area contributed by atoms with Crippen molar-refractivity contribution >= 4 is 12.1 Å². The van der Waals surface area contributed by atoms with Crippen LogP contribution in [0.4, 0.5) is 4.79 Å². The second kappa shape index (κ2) is 9.77. The van der Waals surface area contributed by atoms with E-state index in [0.29, 0.717) is 25.4 Å². The summed E-state index contributed by atoms with van der Waals surface area (Å²) < 4.78 is 10.7.